The molecule has 0 saturated heterocycles. The number of carbonyl (C=O) groups is 3. The molecule has 2 heterocycles. The van der Waals surface area contributed by atoms with Crippen molar-refractivity contribution in [3.8, 4) is 5.75 Å². The van der Waals surface area contributed by atoms with Crippen molar-refractivity contribution in [2.75, 3.05) is 18.4 Å². The standard InChI is InChI=1S/C33H40N2O6S/c1-32(2,3)40-30(37)27-25-17-19-35(20-26(25)42-29(27)34-28(36)31(38)41-33(4,5)6)18-16-22-12-14-24(15-13-22)39-21-23-10-8-7-9-11-23/h7-15H,16-21H2,1-6H3,(H,34,36). The van der Waals surface area contributed by atoms with Crippen molar-refractivity contribution in [3.05, 3.63) is 81.7 Å². The second kappa shape index (κ2) is 13.1. The van der Waals surface area contributed by atoms with Crippen LogP contribution >= 0.6 is 11.3 Å². The number of amides is 1. The van der Waals surface area contributed by atoms with Gasteiger partial charge in [-0.2, -0.15) is 0 Å². The van der Waals surface area contributed by atoms with E-state index in [2.05, 4.69) is 22.3 Å². The Hall–Kier alpha value is -3.69. The highest BCUT2D eigenvalue weighted by Gasteiger charge is 2.33. The molecule has 3 aromatic rings. The molecule has 224 valence electrons. The third-order valence-electron chi connectivity index (χ3n) is 6.44. The fourth-order valence-electron chi connectivity index (χ4n) is 4.54. The normalized spacial score (nSPS) is 13.7. The summed E-state index contributed by atoms with van der Waals surface area (Å²) in [5.74, 6) is -1.59. The van der Waals surface area contributed by atoms with Gasteiger partial charge in [0.05, 0.1) is 5.56 Å². The number of fused-ring (bicyclic) bond motifs is 1. The molecule has 0 saturated carbocycles. The van der Waals surface area contributed by atoms with E-state index in [1.807, 2.05) is 42.5 Å². The Balaban J connectivity index is 1.41. The smallest absolute Gasteiger partial charge is 0.397 e. The lowest BCUT2D eigenvalue weighted by molar-refractivity contribution is -0.161. The summed E-state index contributed by atoms with van der Waals surface area (Å²) in [6.07, 6.45) is 1.50. The molecule has 42 heavy (non-hydrogen) atoms. The maximum absolute atomic E-state index is 13.2. The van der Waals surface area contributed by atoms with Crippen molar-refractivity contribution in [2.24, 2.45) is 0 Å². The number of hydrogen-bond donors (Lipinski definition) is 1. The van der Waals surface area contributed by atoms with Crippen LogP contribution in [-0.4, -0.2) is 47.0 Å². The molecule has 0 spiro atoms. The predicted octanol–water partition coefficient (Wildman–Crippen LogP) is 6.16. The van der Waals surface area contributed by atoms with Gasteiger partial charge in [-0.3, -0.25) is 9.69 Å². The number of rotatable bonds is 8. The summed E-state index contributed by atoms with van der Waals surface area (Å²) < 4.78 is 16.8. The molecule has 1 aromatic heterocycles. The molecule has 0 atom stereocenters. The van der Waals surface area contributed by atoms with Gasteiger partial charge in [0.25, 0.3) is 0 Å². The lowest BCUT2D eigenvalue weighted by Gasteiger charge is -2.27. The zero-order valence-electron chi connectivity index (χ0n) is 25.2. The first kappa shape index (κ1) is 31.3. The van der Waals surface area contributed by atoms with Gasteiger partial charge in [0.1, 0.15) is 28.6 Å². The molecule has 9 heteroatoms. The molecule has 0 aliphatic carbocycles. The van der Waals surface area contributed by atoms with Gasteiger partial charge in [0.2, 0.25) is 0 Å². The number of thiophene rings is 1. The molecule has 1 aliphatic rings. The van der Waals surface area contributed by atoms with Crippen molar-refractivity contribution >= 4 is 34.2 Å². The molecule has 0 fully saturated rings. The lowest BCUT2D eigenvalue weighted by Crippen LogP contribution is -2.33. The van der Waals surface area contributed by atoms with E-state index in [4.69, 9.17) is 14.2 Å². The highest BCUT2D eigenvalue weighted by atomic mass is 32.1. The largest absolute Gasteiger partial charge is 0.489 e. The Morgan fingerprint density at radius 2 is 1.55 bits per heavy atom. The molecule has 1 amide bonds. The Labute approximate surface area is 252 Å². The van der Waals surface area contributed by atoms with E-state index < -0.39 is 29.0 Å². The molecule has 8 nitrogen and oxygen atoms in total. The van der Waals surface area contributed by atoms with Gasteiger partial charge in [0.15, 0.2) is 0 Å². The second-order valence-corrected chi connectivity index (χ2v) is 13.5. The van der Waals surface area contributed by atoms with Crippen LogP contribution in [0.25, 0.3) is 0 Å². The zero-order chi connectivity index (χ0) is 30.5. The van der Waals surface area contributed by atoms with E-state index in [-0.39, 0.29) is 0 Å². The maximum atomic E-state index is 13.2. The zero-order valence-corrected chi connectivity index (χ0v) is 26.1. The summed E-state index contributed by atoms with van der Waals surface area (Å²) in [6.45, 7) is 13.2. The molecule has 0 bridgehead atoms. The van der Waals surface area contributed by atoms with Crippen LogP contribution in [0.5, 0.6) is 5.75 Å². The number of esters is 2. The Bertz CT molecular complexity index is 1400. The van der Waals surface area contributed by atoms with Crippen molar-refractivity contribution in [1.29, 1.82) is 0 Å². The van der Waals surface area contributed by atoms with Gasteiger partial charge in [0, 0.05) is 24.5 Å². The van der Waals surface area contributed by atoms with E-state index in [0.717, 1.165) is 41.3 Å². The summed E-state index contributed by atoms with van der Waals surface area (Å²) in [6, 6.07) is 18.3. The second-order valence-electron chi connectivity index (χ2n) is 12.4. The Morgan fingerprint density at radius 3 is 2.19 bits per heavy atom. The quantitative estimate of drug-likeness (QED) is 0.247. The summed E-state index contributed by atoms with van der Waals surface area (Å²) in [5, 5.41) is 2.95. The van der Waals surface area contributed by atoms with E-state index in [1.165, 1.54) is 16.9 Å². The van der Waals surface area contributed by atoms with Crippen LogP contribution in [0.3, 0.4) is 0 Å². The van der Waals surface area contributed by atoms with E-state index in [0.29, 0.717) is 30.1 Å². The fraction of sp³-hybridized carbons (Fsp3) is 0.424. The fourth-order valence-corrected chi connectivity index (χ4v) is 5.81. The first-order chi connectivity index (χ1) is 19.8. The molecule has 4 rings (SSSR count). The molecule has 2 aromatic carbocycles. The van der Waals surface area contributed by atoms with Crippen molar-refractivity contribution < 1.29 is 28.6 Å². The molecule has 1 N–H and O–H groups in total. The van der Waals surface area contributed by atoms with Crippen molar-refractivity contribution in [2.45, 2.75) is 78.7 Å². The highest BCUT2D eigenvalue weighted by molar-refractivity contribution is 7.17. The van der Waals surface area contributed by atoms with Crippen molar-refractivity contribution in [1.82, 2.24) is 4.90 Å². The van der Waals surface area contributed by atoms with Crippen LogP contribution in [0, 0.1) is 0 Å². The molecule has 0 radical (unpaired) electrons. The number of benzene rings is 2. The number of carbonyl (C=O) groups excluding carboxylic acids is 3. The maximum Gasteiger partial charge on any atom is 0.397 e. The van der Waals surface area contributed by atoms with Gasteiger partial charge in [-0.05, 0) is 83.2 Å². The van der Waals surface area contributed by atoms with E-state index in [1.54, 1.807) is 41.5 Å². The van der Waals surface area contributed by atoms with Crippen molar-refractivity contribution in [3.63, 3.8) is 0 Å². The average molecular weight is 593 g/mol. The van der Waals surface area contributed by atoms with Crippen LogP contribution in [-0.2, 0) is 45.1 Å². The number of anilines is 1. The minimum atomic E-state index is -0.998. The predicted molar refractivity (Wildman–Crippen MR) is 164 cm³/mol. The number of ether oxygens (including phenoxy) is 3. The third-order valence-corrected chi connectivity index (χ3v) is 7.57. The Kier molecular flexibility index (Phi) is 9.74. The lowest BCUT2D eigenvalue weighted by atomic mass is 10.0. The molecular formula is C33H40N2O6S. The van der Waals surface area contributed by atoms with Gasteiger partial charge in [-0.15, -0.1) is 11.3 Å². The minimum absolute atomic E-state index is 0.318. The highest BCUT2D eigenvalue weighted by Crippen LogP contribution is 2.38. The molecular weight excluding hydrogens is 552 g/mol. The van der Waals surface area contributed by atoms with Crippen LogP contribution in [0.1, 0.15) is 73.5 Å². The van der Waals surface area contributed by atoms with E-state index >= 15 is 0 Å². The summed E-state index contributed by atoms with van der Waals surface area (Å²) in [7, 11) is 0. The number of hydrogen-bond acceptors (Lipinski definition) is 8. The topological polar surface area (TPSA) is 94.2 Å². The minimum Gasteiger partial charge on any atom is -0.489 e. The summed E-state index contributed by atoms with van der Waals surface area (Å²) in [5.41, 5.74) is 2.01. The Morgan fingerprint density at radius 1 is 0.881 bits per heavy atom. The van der Waals surface area contributed by atoms with Gasteiger partial charge >= 0.3 is 17.8 Å². The van der Waals surface area contributed by atoms with Gasteiger partial charge in [-0.25, -0.2) is 9.59 Å². The van der Waals surface area contributed by atoms with E-state index in [9.17, 15) is 14.4 Å². The summed E-state index contributed by atoms with van der Waals surface area (Å²) >= 11 is 1.31. The van der Waals surface area contributed by atoms with Crippen LogP contribution < -0.4 is 10.1 Å². The molecule has 0 unspecified atom stereocenters. The first-order valence-electron chi connectivity index (χ1n) is 14.2. The number of nitrogens with one attached hydrogen (secondary N) is 1. The third kappa shape index (κ3) is 8.90. The van der Waals surface area contributed by atoms with Gasteiger partial charge < -0.3 is 19.5 Å². The SMILES string of the molecule is CC(C)(C)OC(=O)C(=O)Nc1sc2c(c1C(=O)OC(C)(C)C)CCN(CCc1ccc(OCc3ccccc3)cc1)C2. The first-order valence-corrected chi connectivity index (χ1v) is 15.0. The molecule has 1 aliphatic heterocycles. The van der Waals surface area contributed by atoms with Crippen LogP contribution in [0.15, 0.2) is 54.6 Å². The number of nitrogens with zero attached hydrogens (tertiary/aromatic N) is 1. The average Bonchev–Trinajstić information content (AvgIpc) is 3.27. The monoisotopic (exact) mass is 592 g/mol. The van der Waals surface area contributed by atoms with Crippen LogP contribution in [0.4, 0.5) is 5.00 Å². The summed E-state index contributed by atoms with van der Waals surface area (Å²) in [4.78, 5) is 41.6. The van der Waals surface area contributed by atoms with Gasteiger partial charge in [-0.1, -0.05) is 42.5 Å². The van der Waals surface area contributed by atoms with Crippen LogP contribution in [0.2, 0.25) is 0 Å².